The van der Waals surface area contributed by atoms with Crippen molar-refractivity contribution in [2.45, 2.75) is 12.5 Å². The fourth-order valence-corrected chi connectivity index (χ4v) is 1.84. The Hall–Kier alpha value is -0.480. The van der Waals surface area contributed by atoms with Crippen LogP contribution < -0.4 is 16.2 Å². The maximum Gasteiger partial charge on any atom is 0.138 e. The molecule has 0 amide bonds. The van der Waals surface area contributed by atoms with E-state index in [2.05, 4.69) is 0 Å². The normalized spacial score (nSPS) is 14.8. The Morgan fingerprint density at radius 3 is 2.40 bits per heavy atom. The molecule has 0 saturated carbocycles. The maximum atomic E-state index is 6.07. The van der Waals surface area contributed by atoms with Gasteiger partial charge >= 0.3 is 0 Å². The van der Waals surface area contributed by atoms with Crippen molar-refractivity contribution in [3.8, 4) is 5.75 Å². The lowest BCUT2D eigenvalue weighted by Crippen LogP contribution is -2.41. The average molecular weight is 249 g/mol. The van der Waals surface area contributed by atoms with Crippen LogP contribution in [0.3, 0.4) is 0 Å². The number of hydrogen-bond acceptors (Lipinski definition) is 3. The van der Waals surface area contributed by atoms with E-state index in [-0.39, 0.29) is 6.54 Å². The first kappa shape index (κ1) is 12.6. The molecule has 1 unspecified atom stereocenters. The van der Waals surface area contributed by atoms with Crippen molar-refractivity contribution in [3.63, 3.8) is 0 Å². The molecular weight excluding hydrogens is 235 g/mol. The van der Waals surface area contributed by atoms with Gasteiger partial charge in [0.05, 0.1) is 17.7 Å². The second-order valence-corrected chi connectivity index (χ2v) is 4.40. The zero-order valence-electron chi connectivity index (χ0n) is 8.68. The number of ether oxygens (including phenoxy) is 1. The standard InChI is InChI=1S/C10H14Cl2N2O/c1-10(14,5-13)6-3-8(12)9(15-2)4-7(6)11/h3-4H,5,13-14H2,1-2H3. The van der Waals surface area contributed by atoms with Gasteiger partial charge in [0.15, 0.2) is 0 Å². The van der Waals surface area contributed by atoms with Crippen LogP contribution in [0.15, 0.2) is 12.1 Å². The summed E-state index contributed by atoms with van der Waals surface area (Å²) in [6, 6.07) is 3.33. The Balaban J connectivity index is 3.28. The number of halogens is 2. The number of rotatable bonds is 3. The van der Waals surface area contributed by atoms with Gasteiger partial charge in [-0.2, -0.15) is 0 Å². The first-order valence-corrected chi connectivity index (χ1v) is 5.20. The molecule has 0 aliphatic rings. The molecule has 0 saturated heterocycles. The quantitative estimate of drug-likeness (QED) is 0.862. The lowest BCUT2D eigenvalue weighted by molar-refractivity contribution is 0.414. The zero-order valence-corrected chi connectivity index (χ0v) is 10.2. The van der Waals surface area contributed by atoms with E-state index >= 15 is 0 Å². The van der Waals surface area contributed by atoms with E-state index in [1.165, 1.54) is 7.11 Å². The molecule has 1 rings (SSSR count). The third-order valence-corrected chi connectivity index (χ3v) is 2.89. The molecule has 5 heteroatoms. The molecule has 0 aliphatic heterocycles. The number of methoxy groups -OCH3 is 1. The van der Waals surface area contributed by atoms with E-state index < -0.39 is 5.54 Å². The molecular formula is C10H14Cl2N2O. The Bertz CT molecular complexity index is 367. The van der Waals surface area contributed by atoms with Gasteiger partial charge in [-0.1, -0.05) is 23.2 Å². The molecule has 0 fully saturated rings. The van der Waals surface area contributed by atoms with Crippen LogP contribution in [0.2, 0.25) is 10.0 Å². The molecule has 4 N–H and O–H groups in total. The molecule has 0 spiro atoms. The van der Waals surface area contributed by atoms with E-state index in [0.717, 1.165) is 5.56 Å². The molecule has 84 valence electrons. The van der Waals surface area contributed by atoms with E-state index in [4.69, 9.17) is 39.4 Å². The van der Waals surface area contributed by atoms with Crippen molar-refractivity contribution in [1.29, 1.82) is 0 Å². The lowest BCUT2D eigenvalue weighted by Gasteiger charge is -2.25. The molecule has 15 heavy (non-hydrogen) atoms. The van der Waals surface area contributed by atoms with Crippen LogP contribution >= 0.6 is 23.2 Å². The molecule has 1 aromatic rings. The van der Waals surface area contributed by atoms with Crippen LogP contribution in [0.4, 0.5) is 0 Å². The van der Waals surface area contributed by atoms with Crippen molar-refractivity contribution < 1.29 is 4.74 Å². The molecule has 0 heterocycles. The van der Waals surface area contributed by atoms with Crippen molar-refractivity contribution in [3.05, 3.63) is 27.7 Å². The van der Waals surface area contributed by atoms with Crippen LogP contribution in [0.5, 0.6) is 5.75 Å². The molecule has 0 aliphatic carbocycles. The molecule has 0 radical (unpaired) electrons. The molecule has 1 aromatic carbocycles. The van der Waals surface area contributed by atoms with Gasteiger partial charge in [-0.25, -0.2) is 0 Å². The first-order chi connectivity index (χ1) is 6.92. The monoisotopic (exact) mass is 248 g/mol. The number of nitrogens with two attached hydrogens (primary N) is 2. The summed E-state index contributed by atoms with van der Waals surface area (Å²) in [5, 5.41) is 0.980. The molecule has 0 bridgehead atoms. The molecule has 3 nitrogen and oxygen atoms in total. The van der Waals surface area contributed by atoms with Gasteiger partial charge in [0.25, 0.3) is 0 Å². The second kappa shape index (κ2) is 4.58. The van der Waals surface area contributed by atoms with E-state index in [1.54, 1.807) is 19.1 Å². The zero-order chi connectivity index (χ0) is 11.6. The minimum atomic E-state index is -0.688. The summed E-state index contributed by atoms with van der Waals surface area (Å²) in [5.41, 5.74) is 11.6. The summed E-state index contributed by atoms with van der Waals surface area (Å²) in [7, 11) is 1.53. The summed E-state index contributed by atoms with van der Waals surface area (Å²) < 4.78 is 5.04. The summed E-state index contributed by atoms with van der Waals surface area (Å²) in [4.78, 5) is 0. The van der Waals surface area contributed by atoms with Crippen molar-refractivity contribution in [1.82, 2.24) is 0 Å². The smallest absolute Gasteiger partial charge is 0.138 e. The van der Waals surface area contributed by atoms with Gasteiger partial charge in [0.2, 0.25) is 0 Å². The highest BCUT2D eigenvalue weighted by molar-refractivity contribution is 6.34. The lowest BCUT2D eigenvalue weighted by atomic mass is 9.93. The maximum absolute atomic E-state index is 6.07. The van der Waals surface area contributed by atoms with Crippen LogP contribution in [0.1, 0.15) is 12.5 Å². The Labute approximate surface area is 99.3 Å². The topological polar surface area (TPSA) is 61.3 Å². The minimum absolute atomic E-state index is 0.287. The predicted molar refractivity (Wildman–Crippen MR) is 63.6 cm³/mol. The Morgan fingerprint density at radius 2 is 1.93 bits per heavy atom. The highest BCUT2D eigenvalue weighted by Crippen LogP contribution is 2.34. The number of benzene rings is 1. The third-order valence-electron chi connectivity index (χ3n) is 2.28. The van der Waals surface area contributed by atoms with E-state index in [9.17, 15) is 0 Å². The van der Waals surface area contributed by atoms with Crippen LogP contribution in [-0.4, -0.2) is 13.7 Å². The van der Waals surface area contributed by atoms with Gasteiger partial charge in [-0.15, -0.1) is 0 Å². The minimum Gasteiger partial charge on any atom is -0.495 e. The van der Waals surface area contributed by atoms with Gasteiger partial charge < -0.3 is 16.2 Å². The van der Waals surface area contributed by atoms with Gasteiger partial charge in [-0.05, 0) is 18.6 Å². The fraction of sp³-hybridized carbons (Fsp3) is 0.400. The summed E-state index contributed by atoms with van der Waals surface area (Å²) in [5.74, 6) is 0.526. The summed E-state index contributed by atoms with van der Waals surface area (Å²) in [6.07, 6.45) is 0. The SMILES string of the molecule is COc1cc(Cl)c(C(C)(N)CN)cc1Cl. The third kappa shape index (κ3) is 2.55. The van der Waals surface area contributed by atoms with Crippen molar-refractivity contribution in [2.24, 2.45) is 11.5 Å². The fourth-order valence-electron chi connectivity index (χ4n) is 1.23. The Morgan fingerprint density at radius 1 is 1.33 bits per heavy atom. The van der Waals surface area contributed by atoms with E-state index in [1.807, 2.05) is 0 Å². The van der Waals surface area contributed by atoms with Crippen molar-refractivity contribution in [2.75, 3.05) is 13.7 Å². The number of hydrogen-bond donors (Lipinski definition) is 2. The highest BCUT2D eigenvalue weighted by atomic mass is 35.5. The predicted octanol–water partition coefficient (Wildman–Crippen LogP) is 2.13. The van der Waals surface area contributed by atoms with Crippen LogP contribution in [0, 0.1) is 0 Å². The van der Waals surface area contributed by atoms with E-state index in [0.29, 0.717) is 15.8 Å². The van der Waals surface area contributed by atoms with Gasteiger partial charge in [-0.3, -0.25) is 0 Å². The summed E-state index contributed by atoms with van der Waals surface area (Å²) >= 11 is 12.1. The highest BCUT2D eigenvalue weighted by Gasteiger charge is 2.23. The van der Waals surface area contributed by atoms with Gasteiger partial charge in [0, 0.05) is 17.6 Å². The molecule has 1 atom stereocenters. The molecule has 0 aromatic heterocycles. The average Bonchev–Trinajstić information content (AvgIpc) is 2.20. The largest absolute Gasteiger partial charge is 0.495 e. The Kier molecular flexibility index (Phi) is 3.84. The van der Waals surface area contributed by atoms with Crippen LogP contribution in [-0.2, 0) is 5.54 Å². The van der Waals surface area contributed by atoms with Crippen LogP contribution in [0.25, 0.3) is 0 Å². The van der Waals surface area contributed by atoms with Crippen molar-refractivity contribution >= 4 is 23.2 Å². The summed E-state index contributed by atoms with van der Waals surface area (Å²) in [6.45, 7) is 2.09. The van der Waals surface area contributed by atoms with Gasteiger partial charge in [0.1, 0.15) is 5.75 Å². The first-order valence-electron chi connectivity index (χ1n) is 4.45. The second-order valence-electron chi connectivity index (χ2n) is 3.59.